The molecule has 9 heteroatoms. The summed E-state index contributed by atoms with van der Waals surface area (Å²) in [6.07, 6.45) is -3.08. The van der Waals surface area contributed by atoms with Crippen molar-refractivity contribution in [3.63, 3.8) is 0 Å². The number of halogens is 3. The topological polar surface area (TPSA) is 71.3 Å². The van der Waals surface area contributed by atoms with E-state index in [4.69, 9.17) is 4.42 Å². The Labute approximate surface area is 145 Å². The van der Waals surface area contributed by atoms with Crippen LogP contribution in [0.5, 0.6) is 0 Å². The monoisotopic (exact) mass is 370 g/mol. The van der Waals surface area contributed by atoms with Gasteiger partial charge >= 0.3 is 6.18 Å². The molecule has 1 aromatic carbocycles. The van der Waals surface area contributed by atoms with Gasteiger partial charge in [0.1, 0.15) is 5.76 Å². The average molecular weight is 370 g/mol. The Kier molecular flexibility index (Phi) is 4.76. The van der Waals surface area contributed by atoms with Gasteiger partial charge in [-0.3, -0.25) is 9.59 Å². The minimum absolute atomic E-state index is 0.0856. The van der Waals surface area contributed by atoms with Crippen LogP contribution in [0.25, 0.3) is 0 Å². The molecule has 132 valence electrons. The maximum atomic E-state index is 12.7. The van der Waals surface area contributed by atoms with E-state index in [9.17, 15) is 22.8 Å². The van der Waals surface area contributed by atoms with E-state index in [0.29, 0.717) is 10.7 Å². The van der Waals surface area contributed by atoms with E-state index in [1.807, 2.05) is 0 Å². The minimum atomic E-state index is -4.48. The molecule has 0 bridgehead atoms. The molecule has 0 spiro atoms. The normalized spacial score (nSPS) is 16.9. The van der Waals surface area contributed by atoms with Gasteiger partial charge in [-0.2, -0.15) is 13.2 Å². The molecule has 0 saturated carbocycles. The zero-order valence-corrected chi connectivity index (χ0v) is 13.5. The van der Waals surface area contributed by atoms with Crippen LogP contribution in [0.15, 0.2) is 45.9 Å². The third-order valence-corrected chi connectivity index (χ3v) is 4.81. The number of carbonyl (C=O) groups is 2. The van der Waals surface area contributed by atoms with Crippen molar-refractivity contribution in [2.24, 2.45) is 0 Å². The van der Waals surface area contributed by atoms with Gasteiger partial charge < -0.3 is 15.1 Å². The second kappa shape index (κ2) is 6.83. The number of amides is 2. The molecular weight excluding hydrogens is 357 g/mol. The maximum Gasteiger partial charge on any atom is 0.416 e. The van der Waals surface area contributed by atoms with Crippen molar-refractivity contribution in [2.45, 2.75) is 29.3 Å². The number of nitrogens with one attached hydrogen (secondary N) is 2. The van der Waals surface area contributed by atoms with E-state index >= 15 is 0 Å². The van der Waals surface area contributed by atoms with Crippen molar-refractivity contribution in [2.75, 3.05) is 5.32 Å². The lowest BCUT2D eigenvalue weighted by atomic mass is 10.1. The standard InChI is InChI=1S/C16H13F3N2O3S/c17-16(18,19)9-3-4-12-11(6-9)21-15(23)13(25-12)7-14(22)20-8-10-2-1-5-24-10/h1-6,13H,7-8H2,(H,20,22)(H,21,23)/t13-/m0/s1. The summed E-state index contributed by atoms with van der Waals surface area (Å²) < 4.78 is 43.3. The quantitative estimate of drug-likeness (QED) is 0.865. The first kappa shape index (κ1) is 17.4. The minimum Gasteiger partial charge on any atom is -0.467 e. The number of furan rings is 1. The molecule has 5 nitrogen and oxygen atoms in total. The fourth-order valence-corrected chi connectivity index (χ4v) is 3.39. The molecule has 1 aliphatic heterocycles. The van der Waals surface area contributed by atoms with Crippen molar-refractivity contribution in [3.8, 4) is 0 Å². The smallest absolute Gasteiger partial charge is 0.416 e. The molecule has 1 atom stereocenters. The van der Waals surface area contributed by atoms with E-state index in [1.165, 1.54) is 12.3 Å². The molecule has 0 saturated heterocycles. The summed E-state index contributed by atoms with van der Waals surface area (Å²) in [5.41, 5.74) is -0.723. The summed E-state index contributed by atoms with van der Waals surface area (Å²) in [7, 11) is 0. The molecule has 25 heavy (non-hydrogen) atoms. The number of anilines is 1. The molecule has 0 unspecified atom stereocenters. The highest BCUT2D eigenvalue weighted by atomic mass is 32.2. The number of hydrogen-bond donors (Lipinski definition) is 2. The number of carbonyl (C=O) groups excluding carboxylic acids is 2. The van der Waals surface area contributed by atoms with Gasteiger partial charge in [0.2, 0.25) is 11.8 Å². The first-order chi connectivity index (χ1) is 11.8. The molecule has 0 radical (unpaired) electrons. The van der Waals surface area contributed by atoms with E-state index in [1.54, 1.807) is 12.1 Å². The predicted molar refractivity (Wildman–Crippen MR) is 84.9 cm³/mol. The first-order valence-electron chi connectivity index (χ1n) is 7.31. The van der Waals surface area contributed by atoms with Crippen LogP contribution in [0.2, 0.25) is 0 Å². The first-order valence-corrected chi connectivity index (χ1v) is 8.19. The maximum absolute atomic E-state index is 12.7. The summed E-state index contributed by atoms with van der Waals surface area (Å²) in [4.78, 5) is 24.5. The number of alkyl halides is 3. The number of rotatable bonds is 4. The highest BCUT2D eigenvalue weighted by Crippen LogP contribution is 2.40. The van der Waals surface area contributed by atoms with Crippen LogP contribution in [-0.2, 0) is 22.3 Å². The zero-order valence-electron chi connectivity index (χ0n) is 12.7. The second-order valence-corrected chi connectivity index (χ2v) is 6.61. The van der Waals surface area contributed by atoms with Crippen molar-refractivity contribution in [1.29, 1.82) is 0 Å². The summed E-state index contributed by atoms with van der Waals surface area (Å²) in [6.45, 7) is 0.205. The Morgan fingerprint density at radius 1 is 1.32 bits per heavy atom. The second-order valence-electron chi connectivity index (χ2n) is 5.36. The SMILES string of the molecule is O=C(C[C@@H]1Sc2ccc(C(F)(F)F)cc2NC1=O)NCc1ccco1. The summed E-state index contributed by atoms with van der Waals surface area (Å²) in [5, 5.41) is 4.36. The van der Waals surface area contributed by atoms with Crippen molar-refractivity contribution >= 4 is 29.3 Å². The fraction of sp³-hybridized carbons (Fsp3) is 0.250. The number of benzene rings is 1. The molecule has 1 aromatic heterocycles. The van der Waals surface area contributed by atoms with Gasteiger partial charge in [0.15, 0.2) is 0 Å². The Morgan fingerprint density at radius 2 is 2.12 bits per heavy atom. The Hall–Kier alpha value is -2.42. The lowest BCUT2D eigenvalue weighted by molar-refractivity contribution is -0.137. The van der Waals surface area contributed by atoms with Crippen LogP contribution in [0, 0.1) is 0 Å². The Bertz CT molecular complexity index is 790. The van der Waals surface area contributed by atoms with Gasteiger partial charge in [-0.15, -0.1) is 11.8 Å². The molecule has 0 fully saturated rings. The number of hydrogen-bond acceptors (Lipinski definition) is 4. The summed E-state index contributed by atoms with van der Waals surface area (Å²) in [6, 6.07) is 6.55. The lowest BCUT2D eigenvalue weighted by Gasteiger charge is -2.24. The van der Waals surface area contributed by atoms with Gasteiger partial charge in [0.25, 0.3) is 0 Å². The van der Waals surface area contributed by atoms with Gasteiger partial charge in [0, 0.05) is 11.3 Å². The third-order valence-electron chi connectivity index (χ3n) is 3.54. The van der Waals surface area contributed by atoms with Crippen molar-refractivity contribution in [3.05, 3.63) is 47.9 Å². The third kappa shape index (κ3) is 4.16. The van der Waals surface area contributed by atoms with Gasteiger partial charge in [-0.1, -0.05) is 0 Å². The average Bonchev–Trinajstić information content (AvgIpc) is 3.06. The van der Waals surface area contributed by atoms with Crippen LogP contribution >= 0.6 is 11.8 Å². The van der Waals surface area contributed by atoms with Gasteiger partial charge in [0.05, 0.1) is 29.3 Å². The van der Waals surface area contributed by atoms with Crippen LogP contribution < -0.4 is 10.6 Å². The summed E-state index contributed by atoms with van der Waals surface area (Å²) >= 11 is 1.07. The van der Waals surface area contributed by atoms with Crippen molar-refractivity contribution in [1.82, 2.24) is 5.32 Å². The van der Waals surface area contributed by atoms with Crippen LogP contribution in [0.3, 0.4) is 0 Å². The molecule has 0 aliphatic carbocycles. The Balaban J connectivity index is 1.63. The Morgan fingerprint density at radius 3 is 2.80 bits per heavy atom. The van der Waals surface area contributed by atoms with Crippen molar-refractivity contribution < 1.29 is 27.2 Å². The zero-order chi connectivity index (χ0) is 18.0. The summed E-state index contributed by atoms with van der Waals surface area (Å²) in [5.74, 6) is -0.261. The van der Waals surface area contributed by atoms with E-state index in [2.05, 4.69) is 10.6 Å². The molecule has 2 aromatic rings. The van der Waals surface area contributed by atoms with Gasteiger partial charge in [-0.25, -0.2) is 0 Å². The van der Waals surface area contributed by atoms with E-state index in [0.717, 1.165) is 23.9 Å². The highest BCUT2D eigenvalue weighted by molar-refractivity contribution is 8.01. The van der Waals surface area contributed by atoms with Crippen LogP contribution in [0.1, 0.15) is 17.7 Å². The van der Waals surface area contributed by atoms with E-state index < -0.39 is 22.9 Å². The van der Waals surface area contributed by atoms with Gasteiger partial charge in [-0.05, 0) is 30.3 Å². The number of thioether (sulfide) groups is 1. The molecule has 1 aliphatic rings. The number of fused-ring (bicyclic) bond motifs is 1. The van der Waals surface area contributed by atoms with Crippen LogP contribution in [-0.4, -0.2) is 17.1 Å². The van der Waals surface area contributed by atoms with E-state index in [-0.39, 0.29) is 24.6 Å². The predicted octanol–water partition coefficient (Wildman–Crippen LogP) is 3.42. The molecule has 3 rings (SSSR count). The fourth-order valence-electron chi connectivity index (χ4n) is 2.30. The molecule has 2 heterocycles. The lowest BCUT2D eigenvalue weighted by Crippen LogP contribution is -2.34. The highest BCUT2D eigenvalue weighted by Gasteiger charge is 2.34. The largest absolute Gasteiger partial charge is 0.467 e. The molecule has 2 N–H and O–H groups in total. The molecular formula is C16H13F3N2O3S. The van der Waals surface area contributed by atoms with Crippen LogP contribution in [0.4, 0.5) is 18.9 Å². The molecule has 2 amide bonds.